The van der Waals surface area contributed by atoms with Crippen LogP contribution in [0.15, 0.2) is 24.3 Å². The molecular weight excluding hydrogens is 346 g/mol. The van der Waals surface area contributed by atoms with Gasteiger partial charge in [0.15, 0.2) is 4.77 Å². The Hall–Kier alpha value is -1.70. The first-order valence-corrected chi connectivity index (χ1v) is 8.57. The number of rotatable bonds is 8. The lowest BCUT2D eigenvalue weighted by Crippen LogP contribution is -2.22. The zero-order chi connectivity index (χ0) is 17.7. The second-order valence-electron chi connectivity index (χ2n) is 5.69. The van der Waals surface area contributed by atoms with Gasteiger partial charge < -0.3 is 10.3 Å². The molecule has 8 heteroatoms. The average Bonchev–Trinajstić information content (AvgIpc) is 2.83. The smallest absolute Gasteiger partial charge is 0.217 e. The molecular formula is C16H22ClN5OS. The number of primary amides is 1. The largest absolute Gasteiger partial charge is 0.370 e. The summed E-state index contributed by atoms with van der Waals surface area (Å²) in [6.45, 7) is 4.05. The first-order chi connectivity index (χ1) is 11.4. The number of nitrogens with zero attached hydrogens (tertiary/aromatic N) is 4. The zero-order valence-electron chi connectivity index (χ0n) is 13.9. The molecule has 2 N–H and O–H groups in total. The standard InChI is InChI=1S/C16H22ClN5OS/c1-3-21-15(9-8-14(18)23)19-22(16(21)24)11-20(2)10-12-4-6-13(17)7-5-12/h4-7H,3,8-11H2,1-2H3,(H2,18,23). The van der Waals surface area contributed by atoms with Gasteiger partial charge in [0.2, 0.25) is 5.91 Å². The molecule has 0 aliphatic rings. The van der Waals surface area contributed by atoms with Gasteiger partial charge in [0.1, 0.15) is 5.82 Å². The molecule has 1 heterocycles. The molecule has 1 amide bonds. The van der Waals surface area contributed by atoms with Crippen molar-refractivity contribution in [2.45, 2.75) is 39.5 Å². The average molecular weight is 368 g/mol. The molecule has 0 spiro atoms. The monoisotopic (exact) mass is 367 g/mol. The van der Waals surface area contributed by atoms with Gasteiger partial charge in [0.05, 0.1) is 6.67 Å². The van der Waals surface area contributed by atoms with Gasteiger partial charge >= 0.3 is 0 Å². The third kappa shape index (κ3) is 4.90. The number of aromatic nitrogens is 3. The minimum atomic E-state index is -0.335. The fraction of sp³-hybridized carbons (Fsp3) is 0.438. The van der Waals surface area contributed by atoms with Crippen molar-refractivity contribution in [1.82, 2.24) is 19.2 Å². The van der Waals surface area contributed by atoms with Crippen LogP contribution >= 0.6 is 23.8 Å². The SMILES string of the molecule is CCn1c(CCC(N)=O)nn(CN(C)Cc2ccc(Cl)cc2)c1=S. The lowest BCUT2D eigenvalue weighted by molar-refractivity contribution is -0.118. The van der Waals surface area contributed by atoms with Gasteiger partial charge in [-0.3, -0.25) is 9.69 Å². The van der Waals surface area contributed by atoms with Crippen LogP contribution in [0.4, 0.5) is 0 Å². The number of aryl methyl sites for hydroxylation is 1. The highest BCUT2D eigenvalue weighted by Gasteiger charge is 2.12. The number of hydrogen-bond acceptors (Lipinski definition) is 4. The number of amides is 1. The van der Waals surface area contributed by atoms with E-state index in [0.717, 1.165) is 23.0 Å². The van der Waals surface area contributed by atoms with E-state index in [-0.39, 0.29) is 12.3 Å². The first kappa shape index (κ1) is 18.6. The van der Waals surface area contributed by atoms with Crippen LogP contribution in [0.3, 0.4) is 0 Å². The van der Waals surface area contributed by atoms with Gasteiger partial charge in [-0.25, -0.2) is 4.68 Å². The Balaban J connectivity index is 2.09. The van der Waals surface area contributed by atoms with Crippen LogP contribution in [0.5, 0.6) is 0 Å². The van der Waals surface area contributed by atoms with E-state index in [0.29, 0.717) is 24.4 Å². The molecule has 0 aliphatic carbocycles. The molecule has 6 nitrogen and oxygen atoms in total. The van der Waals surface area contributed by atoms with Crippen LogP contribution in [-0.2, 0) is 31.0 Å². The number of carbonyl (C=O) groups is 1. The topological polar surface area (TPSA) is 69.1 Å². The summed E-state index contributed by atoms with van der Waals surface area (Å²) in [5.41, 5.74) is 6.39. The summed E-state index contributed by atoms with van der Waals surface area (Å²) in [6, 6.07) is 7.76. The maximum Gasteiger partial charge on any atom is 0.217 e. The highest BCUT2D eigenvalue weighted by molar-refractivity contribution is 7.71. The van der Waals surface area contributed by atoms with Crippen molar-refractivity contribution < 1.29 is 4.79 Å². The van der Waals surface area contributed by atoms with E-state index in [9.17, 15) is 4.79 Å². The van der Waals surface area contributed by atoms with Crippen LogP contribution in [-0.4, -0.2) is 32.2 Å². The first-order valence-electron chi connectivity index (χ1n) is 7.78. The van der Waals surface area contributed by atoms with Gasteiger partial charge in [-0.1, -0.05) is 23.7 Å². The zero-order valence-corrected chi connectivity index (χ0v) is 15.5. The van der Waals surface area contributed by atoms with Gasteiger partial charge in [-0.05, 0) is 43.9 Å². The van der Waals surface area contributed by atoms with Crippen LogP contribution < -0.4 is 5.73 Å². The third-order valence-electron chi connectivity index (χ3n) is 3.65. The molecule has 0 fully saturated rings. The summed E-state index contributed by atoms with van der Waals surface area (Å²) >= 11 is 11.4. The Bertz CT molecular complexity index is 753. The summed E-state index contributed by atoms with van der Waals surface area (Å²) in [7, 11) is 2.00. The van der Waals surface area contributed by atoms with Crippen molar-refractivity contribution in [3.05, 3.63) is 45.4 Å². The predicted molar refractivity (Wildman–Crippen MR) is 97.2 cm³/mol. The molecule has 2 rings (SSSR count). The molecule has 0 atom stereocenters. The maximum absolute atomic E-state index is 11.0. The Labute approximate surface area is 151 Å². The van der Waals surface area contributed by atoms with Gasteiger partial charge in [0.25, 0.3) is 0 Å². The Morgan fingerprint density at radius 1 is 1.38 bits per heavy atom. The minimum absolute atomic E-state index is 0.270. The van der Waals surface area contributed by atoms with E-state index in [1.54, 1.807) is 4.68 Å². The van der Waals surface area contributed by atoms with Crippen molar-refractivity contribution in [1.29, 1.82) is 0 Å². The fourth-order valence-corrected chi connectivity index (χ4v) is 2.95. The summed E-state index contributed by atoms with van der Waals surface area (Å²) in [4.78, 5) is 13.1. The molecule has 0 unspecified atom stereocenters. The Morgan fingerprint density at radius 3 is 2.62 bits per heavy atom. The molecule has 0 radical (unpaired) electrons. The Morgan fingerprint density at radius 2 is 2.04 bits per heavy atom. The van der Waals surface area contributed by atoms with Crippen LogP contribution in [0.25, 0.3) is 0 Å². The van der Waals surface area contributed by atoms with Crippen molar-refractivity contribution in [2.75, 3.05) is 7.05 Å². The van der Waals surface area contributed by atoms with E-state index >= 15 is 0 Å². The number of hydrogen-bond donors (Lipinski definition) is 1. The quantitative estimate of drug-likeness (QED) is 0.728. The van der Waals surface area contributed by atoms with Crippen LogP contribution in [0, 0.1) is 4.77 Å². The van der Waals surface area contributed by atoms with E-state index in [1.165, 1.54) is 0 Å². The highest BCUT2D eigenvalue weighted by atomic mass is 35.5. The second kappa shape index (κ2) is 8.41. The van der Waals surface area contributed by atoms with Crippen molar-refractivity contribution >= 4 is 29.7 Å². The van der Waals surface area contributed by atoms with Crippen LogP contribution in [0.2, 0.25) is 5.02 Å². The summed E-state index contributed by atoms with van der Waals surface area (Å²) in [6.07, 6.45) is 0.771. The summed E-state index contributed by atoms with van der Waals surface area (Å²) < 4.78 is 4.37. The fourth-order valence-electron chi connectivity index (χ4n) is 2.50. The van der Waals surface area contributed by atoms with Crippen molar-refractivity contribution in [3.63, 3.8) is 0 Å². The number of nitrogens with two attached hydrogens (primary N) is 1. The summed E-state index contributed by atoms with van der Waals surface area (Å²) in [5, 5.41) is 5.28. The van der Waals surface area contributed by atoms with E-state index in [4.69, 9.17) is 29.6 Å². The van der Waals surface area contributed by atoms with E-state index in [1.807, 2.05) is 42.8 Å². The number of halogens is 1. The number of carbonyl (C=O) groups excluding carboxylic acids is 1. The highest BCUT2D eigenvalue weighted by Crippen LogP contribution is 2.12. The summed E-state index contributed by atoms with van der Waals surface area (Å²) in [5.74, 6) is 0.458. The second-order valence-corrected chi connectivity index (χ2v) is 6.49. The molecule has 0 bridgehead atoms. The molecule has 0 saturated heterocycles. The minimum Gasteiger partial charge on any atom is -0.370 e. The molecule has 0 saturated carbocycles. The molecule has 130 valence electrons. The van der Waals surface area contributed by atoms with E-state index in [2.05, 4.69) is 10.00 Å². The van der Waals surface area contributed by atoms with Gasteiger partial charge in [-0.15, -0.1) is 0 Å². The maximum atomic E-state index is 11.0. The van der Waals surface area contributed by atoms with E-state index < -0.39 is 0 Å². The van der Waals surface area contributed by atoms with Gasteiger partial charge in [-0.2, -0.15) is 5.10 Å². The lowest BCUT2D eigenvalue weighted by Gasteiger charge is -2.16. The predicted octanol–water partition coefficient (Wildman–Crippen LogP) is 2.59. The molecule has 0 aliphatic heterocycles. The molecule has 1 aromatic carbocycles. The van der Waals surface area contributed by atoms with Crippen molar-refractivity contribution in [2.24, 2.45) is 5.73 Å². The third-order valence-corrected chi connectivity index (χ3v) is 4.33. The lowest BCUT2D eigenvalue weighted by atomic mass is 10.2. The van der Waals surface area contributed by atoms with Crippen LogP contribution in [0.1, 0.15) is 24.7 Å². The molecule has 1 aromatic heterocycles. The Kier molecular flexibility index (Phi) is 6.53. The van der Waals surface area contributed by atoms with Crippen molar-refractivity contribution in [3.8, 4) is 0 Å². The molecule has 24 heavy (non-hydrogen) atoms. The van der Waals surface area contributed by atoms with Gasteiger partial charge in [0, 0.05) is 31.0 Å². The normalized spacial score (nSPS) is 11.2. The number of benzene rings is 1. The molecule has 2 aromatic rings.